The number of nitrogens with one attached hydrogen (secondary N) is 2. The highest BCUT2D eigenvalue weighted by Gasteiger charge is 2.21. The first kappa shape index (κ1) is 12.5. The second-order valence-corrected chi connectivity index (χ2v) is 4.32. The molecule has 1 saturated heterocycles. The van der Waals surface area contributed by atoms with E-state index >= 15 is 0 Å². The predicted octanol–water partition coefficient (Wildman–Crippen LogP) is 0.263. The molecule has 1 aliphatic rings. The Kier molecular flexibility index (Phi) is 5.65. The second-order valence-electron chi connectivity index (χ2n) is 4.32. The maximum absolute atomic E-state index is 11.8. The fraction of sp³-hybridized carbons (Fsp3) is 0.909. The summed E-state index contributed by atoms with van der Waals surface area (Å²) in [6, 6.07) is 0.173. The Morgan fingerprint density at radius 1 is 1.67 bits per heavy atom. The van der Waals surface area contributed by atoms with E-state index in [1.165, 1.54) is 0 Å². The maximum atomic E-state index is 11.8. The van der Waals surface area contributed by atoms with E-state index in [0.29, 0.717) is 0 Å². The number of amides is 1. The van der Waals surface area contributed by atoms with Gasteiger partial charge in [-0.05, 0) is 39.2 Å². The van der Waals surface area contributed by atoms with Crippen molar-refractivity contribution in [3.63, 3.8) is 0 Å². The molecule has 0 saturated carbocycles. The molecule has 0 radical (unpaired) electrons. The molecule has 1 aliphatic heterocycles. The largest absolute Gasteiger partial charge is 0.396 e. The van der Waals surface area contributed by atoms with E-state index in [-0.39, 0.29) is 24.5 Å². The summed E-state index contributed by atoms with van der Waals surface area (Å²) >= 11 is 0. The molecule has 0 aromatic rings. The van der Waals surface area contributed by atoms with Crippen molar-refractivity contribution in [1.82, 2.24) is 10.6 Å². The summed E-state index contributed by atoms with van der Waals surface area (Å²) in [6.07, 6.45) is 3.68. The molecular weight excluding hydrogens is 192 g/mol. The summed E-state index contributed by atoms with van der Waals surface area (Å²) in [5.41, 5.74) is 0. The first-order chi connectivity index (χ1) is 7.24. The van der Waals surface area contributed by atoms with E-state index in [1.54, 1.807) is 0 Å². The van der Waals surface area contributed by atoms with Crippen LogP contribution in [-0.2, 0) is 4.79 Å². The lowest BCUT2D eigenvalue weighted by molar-refractivity contribution is -0.126. The Morgan fingerprint density at radius 3 is 3.07 bits per heavy atom. The fourth-order valence-electron chi connectivity index (χ4n) is 1.91. The standard InChI is InChI=1S/C11H22N2O2/c1-9(4-3-7-14)13-11(15)10-5-2-6-12-8-10/h9-10,12,14H,2-8H2,1H3,(H,13,15)/t9?,10-/m1/s1. The molecule has 2 atom stereocenters. The smallest absolute Gasteiger partial charge is 0.224 e. The van der Waals surface area contributed by atoms with Gasteiger partial charge in [0, 0.05) is 19.2 Å². The molecule has 0 spiro atoms. The number of aliphatic hydroxyl groups is 1. The van der Waals surface area contributed by atoms with Crippen molar-refractivity contribution in [2.24, 2.45) is 5.92 Å². The zero-order chi connectivity index (χ0) is 11.1. The zero-order valence-electron chi connectivity index (χ0n) is 9.46. The molecule has 0 bridgehead atoms. The Morgan fingerprint density at radius 2 is 2.47 bits per heavy atom. The average molecular weight is 214 g/mol. The monoisotopic (exact) mass is 214 g/mol. The third-order valence-electron chi connectivity index (χ3n) is 2.85. The molecule has 4 heteroatoms. The molecule has 0 aromatic carbocycles. The van der Waals surface area contributed by atoms with Crippen LogP contribution in [0.5, 0.6) is 0 Å². The highest BCUT2D eigenvalue weighted by atomic mass is 16.2. The minimum atomic E-state index is 0.135. The van der Waals surface area contributed by atoms with E-state index in [4.69, 9.17) is 5.11 Å². The first-order valence-corrected chi connectivity index (χ1v) is 5.86. The molecular formula is C11H22N2O2. The molecule has 3 N–H and O–H groups in total. The Balaban J connectivity index is 2.21. The lowest BCUT2D eigenvalue weighted by Crippen LogP contribution is -2.43. The van der Waals surface area contributed by atoms with Crippen molar-refractivity contribution in [1.29, 1.82) is 0 Å². The van der Waals surface area contributed by atoms with Gasteiger partial charge in [0.25, 0.3) is 0 Å². The molecule has 1 unspecified atom stereocenters. The van der Waals surface area contributed by atoms with Crippen molar-refractivity contribution >= 4 is 5.91 Å². The van der Waals surface area contributed by atoms with Gasteiger partial charge in [0.15, 0.2) is 0 Å². The van der Waals surface area contributed by atoms with Crippen molar-refractivity contribution < 1.29 is 9.90 Å². The zero-order valence-corrected chi connectivity index (χ0v) is 9.46. The topological polar surface area (TPSA) is 61.4 Å². The molecule has 1 fully saturated rings. The number of carbonyl (C=O) groups is 1. The summed E-state index contributed by atoms with van der Waals surface area (Å²) in [7, 11) is 0. The van der Waals surface area contributed by atoms with Crippen molar-refractivity contribution in [2.75, 3.05) is 19.7 Å². The lowest BCUT2D eigenvalue weighted by Gasteiger charge is -2.24. The van der Waals surface area contributed by atoms with Gasteiger partial charge in [-0.3, -0.25) is 4.79 Å². The molecule has 15 heavy (non-hydrogen) atoms. The average Bonchev–Trinajstić information content (AvgIpc) is 2.27. The molecule has 88 valence electrons. The summed E-state index contributed by atoms with van der Waals surface area (Å²) in [6.45, 7) is 4.03. The summed E-state index contributed by atoms with van der Waals surface area (Å²) in [5, 5.41) is 14.9. The van der Waals surface area contributed by atoms with E-state index < -0.39 is 0 Å². The number of aliphatic hydroxyl groups excluding tert-OH is 1. The number of piperidine rings is 1. The van der Waals surface area contributed by atoms with Gasteiger partial charge in [-0.1, -0.05) is 0 Å². The Bertz CT molecular complexity index is 191. The molecule has 0 aliphatic carbocycles. The summed E-state index contributed by atoms with van der Waals surface area (Å²) < 4.78 is 0. The van der Waals surface area contributed by atoms with Crippen LogP contribution in [0.25, 0.3) is 0 Å². The van der Waals surface area contributed by atoms with Gasteiger partial charge in [0.05, 0.1) is 5.92 Å². The minimum Gasteiger partial charge on any atom is -0.396 e. The molecule has 0 aromatic heterocycles. The van der Waals surface area contributed by atoms with Crippen molar-refractivity contribution in [3.8, 4) is 0 Å². The molecule has 1 rings (SSSR count). The number of hydrogen-bond donors (Lipinski definition) is 3. The van der Waals surface area contributed by atoms with Crippen LogP contribution in [0, 0.1) is 5.92 Å². The summed E-state index contributed by atoms with van der Waals surface area (Å²) in [5.74, 6) is 0.294. The van der Waals surface area contributed by atoms with Crippen LogP contribution in [0.1, 0.15) is 32.6 Å². The third-order valence-corrected chi connectivity index (χ3v) is 2.85. The second kappa shape index (κ2) is 6.80. The van der Waals surface area contributed by atoms with Gasteiger partial charge in [-0.25, -0.2) is 0 Å². The van der Waals surface area contributed by atoms with E-state index in [1.807, 2.05) is 6.92 Å². The van der Waals surface area contributed by atoms with Gasteiger partial charge in [0.1, 0.15) is 0 Å². The highest BCUT2D eigenvalue weighted by Crippen LogP contribution is 2.10. The van der Waals surface area contributed by atoms with Crippen molar-refractivity contribution in [2.45, 2.75) is 38.6 Å². The molecule has 4 nitrogen and oxygen atoms in total. The van der Waals surface area contributed by atoms with Crippen LogP contribution < -0.4 is 10.6 Å². The van der Waals surface area contributed by atoms with Crippen LogP contribution in [0.15, 0.2) is 0 Å². The minimum absolute atomic E-state index is 0.135. The number of rotatable bonds is 5. The highest BCUT2D eigenvalue weighted by molar-refractivity contribution is 5.79. The van der Waals surface area contributed by atoms with E-state index in [0.717, 1.165) is 38.8 Å². The Labute approximate surface area is 91.4 Å². The maximum Gasteiger partial charge on any atom is 0.224 e. The lowest BCUT2D eigenvalue weighted by atomic mass is 9.98. The molecule has 1 heterocycles. The van der Waals surface area contributed by atoms with Gasteiger partial charge in [0.2, 0.25) is 5.91 Å². The third kappa shape index (κ3) is 4.62. The van der Waals surface area contributed by atoms with Crippen LogP contribution in [0.3, 0.4) is 0 Å². The summed E-state index contributed by atoms with van der Waals surface area (Å²) in [4.78, 5) is 11.8. The van der Waals surface area contributed by atoms with Gasteiger partial charge in [-0.2, -0.15) is 0 Å². The van der Waals surface area contributed by atoms with E-state index in [9.17, 15) is 4.79 Å². The predicted molar refractivity (Wildman–Crippen MR) is 59.5 cm³/mol. The number of carbonyl (C=O) groups excluding carboxylic acids is 1. The number of hydrogen-bond acceptors (Lipinski definition) is 3. The van der Waals surface area contributed by atoms with Gasteiger partial charge in [-0.15, -0.1) is 0 Å². The Hall–Kier alpha value is -0.610. The fourth-order valence-corrected chi connectivity index (χ4v) is 1.91. The normalized spacial score (nSPS) is 23.5. The molecule has 1 amide bonds. The van der Waals surface area contributed by atoms with Crippen LogP contribution >= 0.6 is 0 Å². The van der Waals surface area contributed by atoms with E-state index in [2.05, 4.69) is 10.6 Å². The first-order valence-electron chi connectivity index (χ1n) is 5.86. The van der Waals surface area contributed by atoms with Crippen LogP contribution in [-0.4, -0.2) is 36.8 Å². The van der Waals surface area contributed by atoms with Crippen LogP contribution in [0.2, 0.25) is 0 Å². The van der Waals surface area contributed by atoms with Gasteiger partial charge < -0.3 is 15.7 Å². The van der Waals surface area contributed by atoms with Gasteiger partial charge >= 0.3 is 0 Å². The van der Waals surface area contributed by atoms with Crippen molar-refractivity contribution in [3.05, 3.63) is 0 Å². The quantitative estimate of drug-likeness (QED) is 0.615. The van der Waals surface area contributed by atoms with Crippen LogP contribution in [0.4, 0.5) is 0 Å². The SMILES string of the molecule is CC(CCCO)NC(=O)[C@@H]1CCCNC1.